The maximum atomic E-state index is 6.19. The lowest BCUT2D eigenvalue weighted by atomic mass is 10.1. The second-order valence-corrected chi connectivity index (χ2v) is 5.11. The third kappa shape index (κ3) is 1.35. The van der Waals surface area contributed by atoms with E-state index in [0.717, 1.165) is 18.4 Å². The van der Waals surface area contributed by atoms with Gasteiger partial charge in [0.25, 0.3) is 0 Å². The Morgan fingerprint density at radius 2 is 2.12 bits per heavy atom. The van der Waals surface area contributed by atoms with Crippen molar-refractivity contribution in [2.24, 2.45) is 5.73 Å². The maximum Gasteiger partial charge on any atom is 0.0960 e. The smallest absolute Gasteiger partial charge is 0.0960 e. The third-order valence-corrected chi connectivity index (χ3v) is 3.49. The summed E-state index contributed by atoms with van der Waals surface area (Å²) in [6.07, 6.45) is 4.11. The predicted octanol–water partition coefficient (Wildman–Crippen LogP) is 2.57. The number of rotatable bonds is 2. The quantitative estimate of drug-likeness (QED) is 0.836. The molecule has 1 aliphatic rings. The monoisotopic (exact) mass is 215 g/mol. The van der Waals surface area contributed by atoms with Gasteiger partial charge in [-0.1, -0.05) is 6.07 Å². The van der Waals surface area contributed by atoms with E-state index in [1.165, 1.54) is 11.1 Å². The number of fused-ring (bicyclic) bond motifs is 1. The first-order valence-corrected chi connectivity index (χ1v) is 5.86. The molecule has 1 aliphatic carbocycles. The van der Waals surface area contributed by atoms with Gasteiger partial charge in [-0.3, -0.25) is 0 Å². The molecule has 2 aromatic rings. The topological polar surface area (TPSA) is 43.8 Å². The van der Waals surface area contributed by atoms with E-state index in [9.17, 15) is 0 Å². The summed E-state index contributed by atoms with van der Waals surface area (Å²) in [6.45, 7) is 4.33. The van der Waals surface area contributed by atoms with Gasteiger partial charge in [0, 0.05) is 11.6 Å². The summed E-state index contributed by atoms with van der Waals surface area (Å²) in [5, 5.41) is 0. The van der Waals surface area contributed by atoms with Crippen molar-refractivity contribution in [3.8, 4) is 0 Å². The van der Waals surface area contributed by atoms with Gasteiger partial charge in [-0.05, 0) is 44.4 Å². The molecule has 1 aromatic carbocycles. The zero-order chi connectivity index (χ0) is 11.3. The highest BCUT2D eigenvalue weighted by atomic mass is 15.1. The van der Waals surface area contributed by atoms with Gasteiger partial charge in [0.1, 0.15) is 0 Å². The van der Waals surface area contributed by atoms with Crippen molar-refractivity contribution in [3.63, 3.8) is 0 Å². The van der Waals surface area contributed by atoms with Gasteiger partial charge in [-0.2, -0.15) is 0 Å². The number of nitrogens with zero attached hydrogens (tertiary/aromatic N) is 2. The fraction of sp³-hybridized carbons (Fsp3) is 0.462. The van der Waals surface area contributed by atoms with E-state index >= 15 is 0 Å². The molecule has 3 heteroatoms. The summed E-state index contributed by atoms with van der Waals surface area (Å²) in [7, 11) is 0. The van der Waals surface area contributed by atoms with Crippen LogP contribution in [-0.4, -0.2) is 9.55 Å². The Morgan fingerprint density at radius 3 is 2.75 bits per heavy atom. The molecule has 0 radical (unpaired) electrons. The largest absolute Gasteiger partial charge is 0.328 e. The summed E-state index contributed by atoms with van der Waals surface area (Å²) in [5.74, 6) is 0. The molecular weight excluding hydrogens is 198 g/mol. The Bertz CT molecular complexity index is 535. The molecule has 1 saturated carbocycles. The van der Waals surface area contributed by atoms with Crippen LogP contribution in [0.3, 0.4) is 0 Å². The van der Waals surface area contributed by atoms with Crippen LogP contribution in [0.2, 0.25) is 0 Å². The number of imidazole rings is 1. The first-order chi connectivity index (χ1) is 7.60. The Labute approximate surface area is 95.3 Å². The molecule has 1 heterocycles. The Balaban J connectivity index is 2.13. The van der Waals surface area contributed by atoms with Gasteiger partial charge in [0.15, 0.2) is 0 Å². The van der Waals surface area contributed by atoms with Crippen LogP contribution in [0, 0.1) is 0 Å². The molecule has 3 nitrogen and oxygen atoms in total. The van der Waals surface area contributed by atoms with Gasteiger partial charge in [0.05, 0.1) is 17.4 Å². The molecule has 2 N–H and O–H groups in total. The Kier molecular flexibility index (Phi) is 1.89. The Morgan fingerprint density at radius 1 is 1.38 bits per heavy atom. The molecule has 3 rings (SSSR count). The molecule has 1 aromatic heterocycles. The van der Waals surface area contributed by atoms with Crippen LogP contribution in [0.5, 0.6) is 0 Å². The standard InChI is InChI=1S/C13H17N3/c1-9(2)16-8-15-11-7-10(3-4-12(11)16)13(14)5-6-13/h3-4,7-9H,5-6,14H2,1-2H3. The second-order valence-electron chi connectivity index (χ2n) is 5.11. The summed E-state index contributed by atoms with van der Waals surface area (Å²) < 4.78 is 2.19. The molecule has 0 amide bonds. The fourth-order valence-electron chi connectivity index (χ4n) is 2.18. The number of hydrogen-bond donors (Lipinski definition) is 1. The fourth-order valence-corrected chi connectivity index (χ4v) is 2.18. The van der Waals surface area contributed by atoms with E-state index in [1.54, 1.807) is 0 Å². The lowest BCUT2D eigenvalue weighted by Crippen LogP contribution is -2.18. The van der Waals surface area contributed by atoms with Crippen LogP contribution in [-0.2, 0) is 5.54 Å². The van der Waals surface area contributed by atoms with E-state index in [0.29, 0.717) is 6.04 Å². The highest BCUT2D eigenvalue weighted by molar-refractivity contribution is 5.76. The molecule has 0 bridgehead atoms. The second kappa shape index (κ2) is 3.08. The van der Waals surface area contributed by atoms with Crippen molar-refractivity contribution in [2.75, 3.05) is 0 Å². The van der Waals surface area contributed by atoms with Crippen LogP contribution in [0.1, 0.15) is 38.3 Å². The van der Waals surface area contributed by atoms with Crippen LogP contribution in [0.25, 0.3) is 11.0 Å². The van der Waals surface area contributed by atoms with Crippen molar-refractivity contribution in [2.45, 2.75) is 38.3 Å². The first kappa shape index (κ1) is 9.85. The minimum atomic E-state index is -0.0597. The highest BCUT2D eigenvalue weighted by Gasteiger charge is 2.40. The van der Waals surface area contributed by atoms with Crippen molar-refractivity contribution < 1.29 is 0 Å². The maximum absolute atomic E-state index is 6.19. The zero-order valence-corrected chi connectivity index (χ0v) is 9.77. The van der Waals surface area contributed by atoms with E-state index in [-0.39, 0.29) is 5.54 Å². The molecule has 84 valence electrons. The number of benzene rings is 1. The average molecular weight is 215 g/mol. The molecular formula is C13H17N3. The Hall–Kier alpha value is -1.35. The molecule has 0 atom stereocenters. The predicted molar refractivity (Wildman–Crippen MR) is 65.2 cm³/mol. The third-order valence-electron chi connectivity index (χ3n) is 3.49. The van der Waals surface area contributed by atoms with E-state index < -0.39 is 0 Å². The van der Waals surface area contributed by atoms with Crippen LogP contribution < -0.4 is 5.73 Å². The van der Waals surface area contributed by atoms with E-state index in [4.69, 9.17) is 5.73 Å². The van der Waals surface area contributed by atoms with Gasteiger partial charge in [-0.15, -0.1) is 0 Å². The summed E-state index contributed by atoms with van der Waals surface area (Å²) in [6, 6.07) is 6.88. The molecule has 16 heavy (non-hydrogen) atoms. The summed E-state index contributed by atoms with van der Waals surface area (Å²) in [4.78, 5) is 4.45. The normalized spacial score (nSPS) is 18.2. The van der Waals surface area contributed by atoms with Gasteiger partial charge in [0.2, 0.25) is 0 Å². The lowest BCUT2D eigenvalue weighted by molar-refractivity contribution is 0.617. The van der Waals surface area contributed by atoms with Gasteiger partial charge in [-0.25, -0.2) is 4.98 Å². The first-order valence-electron chi connectivity index (χ1n) is 5.86. The molecule has 0 spiro atoms. The molecule has 1 fully saturated rings. The molecule has 0 saturated heterocycles. The van der Waals surface area contributed by atoms with Crippen molar-refractivity contribution in [1.29, 1.82) is 0 Å². The van der Waals surface area contributed by atoms with Crippen LogP contribution in [0.4, 0.5) is 0 Å². The average Bonchev–Trinajstić information content (AvgIpc) is 2.87. The van der Waals surface area contributed by atoms with Crippen molar-refractivity contribution >= 4 is 11.0 Å². The molecule has 0 unspecified atom stereocenters. The lowest BCUT2D eigenvalue weighted by Gasteiger charge is -2.10. The zero-order valence-electron chi connectivity index (χ0n) is 9.77. The van der Waals surface area contributed by atoms with Crippen molar-refractivity contribution in [3.05, 3.63) is 30.1 Å². The van der Waals surface area contributed by atoms with Crippen molar-refractivity contribution in [1.82, 2.24) is 9.55 Å². The number of nitrogens with two attached hydrogens (primary N) is 1. The minimum absolute atomic E-state index is 0.0597. The SMILES string of the molecule is CC(C)n1cnc2cc(C3(N)CC3)ccc21. The summed E-state index contributed by atoms with van der Waals surface area (Å²) >= 11 is 0. The van der Waals surface area contributed by atoms with Crippen LogP contribution >= 0.6 is 0 Å². The minimum Gasteiger partial charge on any atom is -0.328 e. The van der Waals surface area contributed by atoms with Crippen LogP contribution in [0.15, 0.2) is 24.5 Å². The van der Waals surface area contributed by atoms with Gasteiger partial charge >= 0.3 is 0 Å². The number of hydrogen-bond acceptors (Lipinski definition) is 2. The van der Waals surface area contributed by atoms with E-state index in [2.05, 4.69) is 41.6 Å². The number of aromatic nitrogens is 2. The van der Waals surface area contributed by atoms with Gasteiger partial charge < -0.3 is 10.3 Å². The molecule has 0 aliphatic heterocycles. The highest BCUT2D eigenvalue weighted by Crippen LogP contribution is 2.43. The summed E-state index contributed by atoms with van der Waals surface area (Å²) in [5.41, 5.74) is 9.62. The van der Waals surface area contributed by atoms with E-state index in [1.807, 2.05) is 6.33 Å².